The van der Waals surface area contributed by atoms with Gasteiger partial charge in [0, 0.05) is 6.54 Å². The zero-order valence-corrected chi connectivity index (χ0v) is 10.5. The lowest BCUT2D eigenvalue weighted by Crippen LogP contribution is -2.38. The highest BCUT2D eigenvalue weighted by Crippen LogP contribution is 2.20. The van der Waals surface area contributed by atoms with Gasteiger partial charge in [-0.25, -0.2) is 9.59 Å². The molecule has 1 aliphatic heterocycles. The second-order valence-corrected chi connectivity index (χ2v) is 4.15. The Hall–Kier alpha value is -2.14. The first-order chi connectivity index (χ1) is 9.22. The Morgan fingerprint density at radius 2 is 2.05 bits per heavy atom. The molecule has 0 N–H and O–H groups in total. The minimum atomic E-state index is -0.550. The van der Waals surface area contributed by atoms with E-state index in [9.17, 15) is 9.59 Å². The van der Waals surface area contributed by atoms with E-state index in [1.54, 1.807) is 24.3 Å². The summed E-state index contributed by atoms with van der Waals surface area (Å²) in [6.45, 7) is 3.86. The molecule has 1 aliphatic rings. The maximum Gasteiger partial charge on any atom is 0.357 e. The highest BCUT2D eigenvalue weighted by Gasteiger charge is 2.35. The fraction of sp³-hybridized carbons (Fsp3) is 0.286. The van der Waals surface area contributed by atoms with Crippen molar-refractivity contribution < 1.29 is 19.2 Å². The molecule has 19 heavy (non-hydrogen) atoms. The Morgan fingerprint density at radius 1 is 1.32 bits per heavy atom. The summed E-state index contributed by atoms with van der Waals surface area (Å²) in [5, 5.41) is 1.38. The summed E-state index contributed by atoms with van der Waals surface area (Å²) in [6.07, 6.45) is 2.46. The molecule has 1 aromatic carbocycles. The molecule has 0 saturated carbocycles. The normalized spacial score (nSPS) is 18.8. The van der Waals surface area contributed by atoms with Crippen LogP contribution in [-0.2, 0) is 14.4 Å². The fourth-order valence-corrected chi connectivity index (χ4v) is 1.98. The summed E-state index contributed by atoms with van der Waals surface area (Å²) in [4.78, 5) is 28.8. The van der Waals surface area contributed by atoms with Crippen LogP contribution >= 0.6 is 0 Å². The third-order valence-electron chi connectivity index (χ3n) is 2.88. The highest BCUT2D eigenvalue weighted by molar-refractivity contribution is 5.89. The Balaban J connectivity index is 2.00. The van der Waals surface area contributed by atoms with Gasteiger partial charge in [-0.15, -0.1) is 5.06 Å². The van der Waals surface area contributed by atoms with E-state index < -0.39 is 18.0 Å². The van der Waals surface area contributed by atoms with Gasteiger partial charge in [0.05, 0.1) is 11.8 Å². The van der Waals surface area contributed by atoms with Gasteiger partial charge in [-0.05, 0) is 25.0 Å². The second-order valence-electron chi connectivity index (χ2n) is 4.15. The summed E-state index contributed by atoms with van der Waals surface area (Å²) in [6, 6.07) is 8.10. The van der Waals surface area contributed by atoms with E-state index in [0.717, 1.165) is 12.7 Å². The maximum absolute atomic E-state index is 11.9. The first-order valence-corrected chi connectivity index (χ1v) is 6.08. The molecule has 0 bridgehead atoms. The molecular formula is C14H15NO4. The van der Waals surface area contributed by atoms with Crippen LogP contribution in [0, 0.1) is 0 Å². The molecule has 0 spiro atoms. The standard InChI is InChI=1S/C14H15NO4/c1-2-18-14(17)12-9-6-10-15(12)19-13(16)11-7-4-3-5-8-11/h2-5,7-8,12H,1,6,9-10H2/t12-/m0/s1. The van der Waals surface area contributed by atoms with Gasteiger partial charge in [0.25, 0.3) is 0 Å². The van der Waals surface area contributed by atoms with Crippen molar-refractivity contribution in [2.24, 2.45) is 0 Å². The summed E-state index contributed by atoms with van der Waals surface area (Å²) in [5.74, 6) is -0.924. The Morgan fingerprint density at radius 3 is 2.74 bits per heavy atom. The van der Waals surface area contributed by atoms with Gasteiger partial charge in [0.15, 0.2) is 0 Å². The van der Waals surface area contributed by atoms with Gasteiger partial charge < -0.3 is 9.57 Å². The second kappa shape index (κ2) is 6.15. The third kappa shape index (κ3) is 3.20. The van der Waals surface area contributed by atoms with E-state index in [2.05, 4.69) is 6.58 Å². The monoisotopic (exact) mass is 261 g/mol. The van der Waals surface area contributed by atoms with Crippen molar-refractivity contribution in [2.45, 2.75) is 18.9 Å². The van der Waals surface area contributed by atoms with Crippen molar-refractivity contribution in [1.29, 1.82) is 0 Å². The van der Waals surface area contributed by atoms with E-state index in [1.807, 2.05) is 6.07 Å². The first kappa shape index (κ1) is 13.3. The lowest BCUT2D eigenvalue weighted by molar-refractivity contribution is -0.163. The Kier molecular flexibility index (Phi) is 4.30. The van der Waals surface area contributed by atoms with Gasteiger partial charge in [-0.1, -0.05) is 24.8 Å². The van der Waals surface area contributed by atoms with Crippen LogP contribution in [0.4, 0.5) is 0 Å². The summed E-state index contributed by atoms with van der Waals surface area (Å²) in [7, 11) is 0. The molecule has 0 aliphatic carbocycles. The van der Waals surface area contributed by atoms with Crippen molar-refractivity contribution in [3.8, 4) is 0 Å². The molecule has 1 fully saturated rings. The quantitative estimate of drug-likeness (QED) is 0.612. The lowest BCUT2D eigenvalue weighted by atomic mass is 10.2. The van der Waals surface area contributed by atoms with Crippen molar-refractivity contribution >= 4 is 11.9 Å². The van der Waals surface area contributed by atoms with Crippen molar-refractivity contribution in [1.82, 2.24) is 5.06 Å². The molecule has 1 atom stereocenters. The van der Waals surface area contributed by atoms with Gasteiger partial charge in [0.2, 0.25) is 0 Å². The molecule has 1 aromatic rings. The molecule has 0 aromatic heterocycles. The molecule has 1 heterocycles. The van der Waals surface area contributed by atoms with E-state index in [4.69, 9.17) is 9.57 Å². The molecule has 0 unspecified atom stereocenters. The number of nitrogens with zero attached hydrogens (tertiary/aromatic N) is 1. The van der Waals surface area contributed by atoms with Crippen LogP contribution in [-0.4, -0.2) is 29.6 Å². The number of esters is 1. The molecule has 0 radical (unpaired) electrons. The number of ether oxygens (including phenoxy) is 1. The molecule has 1 saturated heterocycles. The molecule has 0 amide bonds. The number of hydrogen-bond acceptors (Lipinski definition) is 5. The average Bonchev–Trinajstić information content (AvgIpc) is 2.88. The average molecular weight is 261 g/mol. The minimum Gasteiger partial charge on any atom is -0.434 e. The predicted octanol–water partition coefficient (Wildman–Crippen LogP) is 1.91. The number of hydroxylamine groups is 2. The Labute approximate surface area is 111 Å². The smallest absolute Gasteiger partial charge is 0.357 e. The van der Waals surface area contributed by atoms with Crippen molar-refractivity contribution in [2.75, 3.05) is 6.54 Å². The molecule has 100 valence electrons. The van der Waals surface area contributed by atoms with Crippen LogP contribution in [0.1, 0.15) is 23.2 Å². The summed E-state index contributed by atoms with van der Waals surface area (Å²) >= 11 is 0. The SMILES string of the molecule is C=COC(=O)[C@@H]1CCCN1OC(=O)c1ccccc1. The van der Waals surface area contributed by atoms with Crippen LogP contribution < -0.4 is 0 Å². The fourth-order valence-electron chi connectivity index (χ4n) is 1.98. The predicted molar refractivity (Wildman–Crippen MR) is 67.9 cm³/mol. The summed E-state index contributed by atoms with van der Waals surface area (Å²) < 4.78 is 4.74. The molecule has 5 nitrogen and oxygen atoms in total. The van der Waals surface area contributed by atoms with E-state index in [1.165, 1.54) is 5.06 Å². The van der Waals surface area contributed by atoms with Crippen LogP contribution in [0.25, 0.3) is 0 Å². The van der Waals surface area contributed by atoms with Crippen LogP contribution in [0.5, 0.6) is 0 Å². The largest absolute Gasteiger partial charge is 0.434 e. The van der Waals surface area contributed by atoms with E-state index >= 15 is 0 Å². The molecular weight excluding hydrogens is 246 g/mol. The first-order valence-electron chi connectivity index (χ1n) is 6.08. The van der Waals surface area contributed by atoms with Gasteiger partial charge >= 0.3 is 11.9 Å². The van der Waals surface area contributed by atoms with Crippen LogP contribution in [0.3, 0.4) is 0 Å². The zero-order chi connectivity index (χ0) is 13.7. The van der Waals surface area contributed by atoms with Gasteiger partial charge in [-0.2, -0.15) is 0 Å². The topological polar surface area (TPSA) is 55.8 Å². The number of rotatable bonds is 4. The number of carbonyl (C=O) groups is 2. The van der Waals surface area contributed by atoms with E-state index in [-0.39, 0.29) is 0 Å². The maximum atomic E-state index is 11.9. The highest BCUT2D eigenvalue weighted by atomic mass is 16.7. The van der Waals surface area contributed by atoms with E-state index in [0.29, 0.717) is 18.5 Å². The minimum absolute atomic E-state index is 0.449. The van der Waals surface area contributed by atoms with Gasteiger partial charge in [-0.3, -0.25) is 0 Å². The molecule has 5 heteroatoms. The Bertz CT molecular complexity index is 472. The van der Waals surface area contributed by atoms with Crippen LogP contribution in [0.15, 0.2) is 43.2 Å². The van der Waals surface area contributed by atoms with Crippen molar-refractivity contribution in [3.05, 3.63) is 48.7 Å². The van der Waals surface area contributed by atoms with Crippen molar-refractivity contribution in [3.63, 3.8) is 0 Å². The van der Waals surface area contributed by atoms with Gasteiger partial charge in [0.1, 0.15) is 6.04 Å². The molecule has 2 rings (SSSR count). The third-order valence-corrected chi connectivity index (χ3v) is 2.88. The number of hydrogen-bond donors (Lipinski definition) is 0. The van der Waals surface area contributed by atoms with Crippen LogP contribution in [0.2, 0.25) is 0 Å². The lowest BCUT2D eigenvalue weighted by Gasteiger charge is -2.20. The number of benzene rings is 1. The number of carbonyl (C=O) groups excluding carboxylic acids is 2. The zero-order valence-electron chi connectivity index (χ0n) is 10.5. The summed E-state index contributed by atoms with van der Waals surface area (Å²) in [5.41, 5.74) is 0.449.